The topological polar surface area (TPSA) is 61.8 Å². The van der Waals surface area contributed by atoms with Crippen LogP contribution in [0.4, 0.5) is 0 Å². The summed E-state index contributed by atoms with van der Waals surface area (Å²) in [6.45, 7) is 11.0. The van der Waals surface area contributed by atoms with Gasteiger partial charge in [0.25, 0.3) is 0 Å². The van der Waals surface area contributed by atoms with E-state index in [0.717, 1.165) is 18.4 Å². The van der Waals surface area contributed by atoms with Crippen LogP contribution in [0.5, 0.6) is 11.5 Å². The first-order valence-corrected chi connectivity index (χ1v) is 10.1. The summed E-state index contributed by atoms with van der Waals surface area (Å²) >= 11 is 0. The van der Waals surface area contributed by atoms with Crippen LogP contribution in [0.3, 0.4) is 0 Å². The van der Waals surface area contributed by atoms with Gasteiger partial charge in [0.1, 0.15) is 17.5 Å². The van der Waals surface area contributed by atoms with E-state index in [9.17, 15) is 9.59 Å². The third-order valence-electron chi connectivity index (χ3n) is 7.26. The Bertz CT molecular complexity index is 779. The minimum atomic E-state index is -0.553. The van der Waals surface area contributed by atoms with E-state index < -0.39 is 12.1 Å². The summed E-state index contributed by atoms with van der Waals surface area (Å²) in [5.74, 6) is 1.15. The zero-order valence-corrected chi connectivity index (χ0v) is 18.0. The summed E-state index contributed by atoms with van der Waals surface area (Å²) in [4.78, 5) is 25.8. The van der Waals surface area contributed by atoms with E-state index in [1.165, 1.54) is 14.2 Å². The van der Waals surface area contributed by atoms with Crippen LogP contribution < -0.4 is 9.47 Å². The minimum absolute atomic E-state index is 0.0373. The number of esters is 1. The molecule has 0 aromatic heterocycles. The van der Waals surface area contributed by atoms with E-state index in [-0.39, 0.29) is 23.0 Å². The van der Waals surface area contributed by atoms with E-state index in [0.29, 0.717) is 28.9 Å². The van der Waals surface area contributed by atoms with Crippen molar-refractivity contribution in [3.8, 4) is 11.5 Å². The first kappa shape index (κ1) is 20.7. The van der Waals surface area contributed by atoms with Crippen molar-refractivity contribution in [3.05, 3.63) is 23.3 Å². The van der Waals surface area contributed by atoms with Crippen molar-refractivity contribution in [2.75, 3.05) is 14.2 Å². The molecule has 4 atom stereocenters. The number of cyclic esters (lactones) is 1. The minimum Gasteiger partial charge on any atom is -0.493 e. The van der Waals surface area contributed by atoms with Crippen molar-refractivity contribution < 1.29 is 23.8 Å². The second kappa shape index (κ2) is 7.41. The number of rotatable bonds is 5. The number of hydrogen-bond donors (Lipinski definition) is 0. The maximum atomic E-state index is 13.1. The third-order valence-corrected chi connectivity index (χ3v) is 7.26. The quantitative estimate of drug-likeness (QED) is 0.676. The van der Waals surface area contributed by atoms with Gasteiger partial charge < -0.3 is 14.2 Å². The van der Waals surface area contributed by atoms with Crippen molar-refractivity contribution in [2.45, 2.75) is 53.6 Å². The third kappa shape index (κ3) is 3.19. The van der Waals surface area contributed by atoms with Crippen molar-refractivity contribution in [3.63, 3.8) is 0 Å². The highest BCUT2D eigenvalue weighted by atomic mass is 16.6. The van der Waals surface area contributed by atoms with E-state index >= 15 is 0 Å². The smallest absolute Gasteiger partial charge is 0.343 e. The molecule has 1 aromatic rings. The van der Waals surface area contributed by atoms with Gasteiger partial charge >= 0.3 is 5.97 Å². The number of ether oxygens (including phenoxy) is 3. The second-order valence-electron chi connectivity index (χ2n) is 9.15. The zero-order chi connectivity index (χ0) is 20.8. The summed E-state index contributed by atoms with van der Waals surface area (Å²) in [6.07, 6.45) is 1.07. The summed E-state index contributed by atoms with van der Waals surface area (Å²) in [6, 6.07) is 3.61. The van der Waals surface area contributed by atoms with Crippen molar-refractivity contribution in [2.24, 2.45) is 29.1 Å². The predicted molar refractivity (Wildman–Crippen MR) is 107 cm³/mol. The van der Waals surface area contributed by atoms with Crippen molar-refractivity contribution in [1.82, 2.24) is 0 Å². The Balaban J connectivity index is 2.00. The monoisotopic (exact) mass is 388 g/mol. The van der Waals surface area contributed by atoms with Gasteiger partial charge in [-0.3, -0.25) is 4.79 Å². The maximum Gasteiger partial charge on any atom is 0.343 e. The Morgan fingerprint density at radius 2 is 1.79 bits per heavy atom. The molecule has 5 heteroatoms. The molecule has 0 unspecified atom stereocenters. The molecule has 0 amide bonds. The van der Waals surface area contributed by atoms with Crippen molar-refractivity contribution in [1.29, 1.82) is 0 Å². The fourth-order valence-electron chi connectivity index (χ4n) is 4.71. The van der Waals surface area contributed by atoms with Crippen LogP contribution in [0.2, 0.25) is 0 Å². The first-order chi connectivity index (χ1) is 13.1. The van der Waals surface area contributed by atoms with Crippen LogP contribution in [-0.4, -0.2) is 26.0 Å². The lowest BCUT2D eigenvalue weighted by Crippen LogP contribution is -2.42. The van der Waals surface area contributed by atoms with Crippen LogP contribution in [0.25, 0.3) is 0 Å². The van der Waals surface area contributed by atoms with Gasteiger partial charge in [-0.2, -0.15) is 0 Å². The van der Waals surface area contributed by atoms with Gasteiger partial charge in [-0.15, -0.1) is 0 Å². The highest BCUT2D eigenvalue weighted by Gasteiger charge is 2.49. The molecular formula is C23H32O5. The summed E-state index contributed by atoms with van der Waals surface area (Å²) < 4.78 is 16.5. The number of methoxy groups -OCH3 is 2. The maximum absolute atomic E-state index is 13.1. The fourth-order valence-corrected chi connectivity index (χ4v) is 4.71. The van der Waals surface area contributed by atoms with Crippen molar-refractivity contribution >= 4 is 11.8 Å². The summed E-state index contributed by atoms with van der Waals surface area (Å²) in [5.41, 5.74) is 1.23. The number of carbonyl (C=O) groups is 2. The van der Waals surface area contributed by atoms with Gasteiger partial charge in [-0.25, -0.2) is 4.79 Å². The predicted octanol–water partition coefficient (Wildman–Crippen LogP) is 4.83. The molecule has 5 nitrogen and oxygen atoms in total. The molecule has 0 saturated heterocycles. The average Bonchev–Trinajstić information content (AvgIpc) is 2.99. The Morgan fingerprint density at radius 3 is 2.36 bits per heavy atom. The molecule has 2 aliphatic rings. The summed E-state index contributed by atoms with van der Waals surface area (Å²) in [7, 11) is 3.04. The number of hydrogen-bond acceptors (Lipinski definition) is 5. The molecule has 3 rings (SSSR count). The lowest BCUT2D eigenvalue weighted by Gasteiger charge is -2.45. The van der Waals surface area contributed by atoms with Crippen LogP contribution >= 0.6 is 0 Å². The van der Waals surface area contributed by atoms with E-state index in [1.54, 1.807) is 6.07 Å². The SMILES string of the molecule is COc1ccc2c(c1OC)C(=O)O[C@@H]2[C@@H]1C[C@@H](C(C)(C)C(C)C)C[C@@H](C)C1=O. The van der Waals surface area contributed by atoms with Crippen LogP contribution in [0.15, 0.2) is 12.1 Å². The molecule has 0 N–H and O–H groups in total. The van der Waals surface area contributed by atoms with E-state index in [4.69, 9.17) is 14.2 Å². The van der Waals surface area contributed by atoms with Gasteiger partial charge in [-0.1, -0.05) is 40.7 Å². The molecule has 0 bridgehead atoms. The van der Waals surface area contributed by atoms with E-state index in [1.807, 2.05) is 13.0 Å². The van der Waals surface area contributed by atoms with Gasteiger partial charge in [0.2, 0.25) is 0 Å². The Kier molecular flexibility index (Phi) is 5.48. The zero-order valence-electron chi connectivity index (χ0n) is 18.0. The molecule has 0 spiro atoms. The van der Waals surface area contributed by atoms with Gasteiger partial charge in [0.05, 0.1) is 20.1 Å². The highest BCUT2D eigenvalue weighted by Crippen LogP contribution is 2.52. The highest BCUT2D eigenvalue weighted by molar-refractivity contribution is 5.99. The van der Waals surface area contributed by atoms with Gasteiger partial charge in [-0.05, 0) is 36.2 Å². The molecule has 1 fully saturated rings. The summed E-state index contributed by atoms with van der Waals surface area (Å²) in [5, 5.41) is 0. The number of ketones is 1. The Morgan fingerprint density at radius 1 is 1.11 bits per heavy atom. The molecule has 154 valence electrons. The fraction of sp³-hybridized carbons (Fsp3) is 0.652. The molecule has 1 saturated carbocycles. The van der Waals surface area contributed by atoms with E-state index in [2.05, 4.69) is 27.7 Å². The largest absolute Gasteiger partial charge is 0.493 e. The van der Waals surface area contributed by atoms with Crippen LogP contribution in [0, 0.1) is 29.1 Å². The second-order valence-corrected chi connectivity index (χ2v) is 9.15. The van der Waals surface area contributed by atoms with Gasteiger partial charge in [0.15, 0.2) is 11.5 Å². The number of benzene rings is 1. The van der Waals surface area contributed by atoms with Crippen LogP contribution in [0.1, 0.15) is 69.5 Å². The lowest BCUT2D eigenvalue weighted by molar-refractivity contribution is -0.136. The molecule has 28 heavy (non-hydrogen) atoms. The van der Waals surface area contributed by atoms with Gasteiger partial charge in [0, 0.05) is 11.5 Å². The number of Topliss-reactive ketones (excluding diaryl/α,β-unsaturated/α-hetero) is 1. The Hall–Kier alpha value is -2.04. The number of carbonyl (C=O) groups excluding carboxylic acids is 2. The molecular weight excluding hydrogens is 356 g/mol. The lowest BCUT2D eigenvalue weighted by atomic mass is 9.60. The molecule has 1 aliphatic carbocycles. The normalized spacial score (nSPS) is 27.6. The Labute approximate surface area is 167 Å². The first-order valence-electron chi connectivity index (χ1n) is 10.1. The molecule has 1 aliphatic heterocycles. The van der Waals surface area contributed by atoms with Crippen LogP contribution in [-0.2, 0) is 9.53 Å². The molecule has 1 heterocycles. The number of fused-ring (bicyclic) bond motifs is 1. The molecule has 1 aromatic carbocycles. The molecule has 0 radical (unpaired) electrons. The standard InChI is InChI=1S/C23H32O5/c1-12(2)23(4,5)14-10-13(3)19(24)16(11-14)20-15-8-9-17(26-6)21(27-7)18(15)22(25)28-20/h8-9,12-14,16,20H,10-11H2,1-7H3/t13-,14+,16-,20+/m1/s1. The average molecular weight is 389 g/mol.